The summed E-state index contributed by atoms with van der Waals surface area (Å²) in [7, 11) is 0. The van der Waals surface area contributed by atoms with Gasteiger partial charge in [0.1, 0.15) is 23.8 Å². The molecule has 4 aromatic heterocycles. The number of H-pyrrole nitrogens is 1. The van der Waals surface area contributed by atoms with Crippen LogP contribution in [-0.2, 0) is 11.7 Å². The van der Waals surface area contributed by atoms with E-state index in [0.717, 1.165) is 54.3 Å². The molecule has 0 unspecified atom stereocenters. The lowest BCUT2D eigenvalue weighted by Gasteiger charge is -2.52. The number of hydrogen-bond acceptors (Lipinski definition) is 7. The molecule has 1 N–H and O–H groups in total. The average Bonchev–Trinajstić information content (AvgIpc) is 3.56. The Labute approximate surface area is 222 Å². The van der Waals surface area contributed by atoms with Gasteiger partial charge in [-0.3, -0.25) is 9.58 Å². The Hall–Kier alpha value is -3.98. The van der Waals surface area contributed by atoms with Gasteiger partial charge >= 0.3 is 6.18 Å². The number of hydrogen-bond donors (Lipinski definition) is 1. The van der Waals surface area contributed by atoms with Gasteiger partial charge in [-0.15, -0.1) is 0 Å². The summed E-state index contributed by atoms with van der Waals surface area (Å²) in [6.07, 6.45) is 5.75. The predicted molar refractivity (Wildman–Crippen MR) is 136 cm³/mol. The van der Waals surface area contributed by atoms with Crippen LogP contribution in [0.5, 0.6) is 5.88 Å². The SMILES string of the molecule is Cc1cc(OC2CCN(C3CC(CC#N)(n4cc(-c5ncnc6[nH]ccc56)cn4)C3)CC2)nc(C(F)(F)F)c1. The number of alkyl halides is 3. The van der Waals surface area contributed by atoms with E-state index in [1.807, 2.05) is 23.1 Å². The van der Waals surface area contributed by atoms with E-state index >= 15 is 0 Å². The predicted octanol–water partition coefficient (Wildman–Crippen LogP) is 4.86. The Bertz CT molecular complexity index is 1520. The fraction of sp³-hybridized carbons (Fsp3) is 0.444. The molecule has 202 valence electrons. The van der Waals surface area contributed by atoms with Crippen LogP contribution in [0.4, 0.5) is 13.2 Å². The van der Waals surface area contributed by atoms with Gasteiger partial charge in [-0.05, 0) is 50.3 Å². The van der Waals surface area contributed by atoms with Crippen molar-refractivity contribution in [1.82, 2.24) is 34.6 Å². The van der Waals surface area contributed by atoms with Crippen LogP contribution < -0.4 is 4.74 Å². The monoisotopic (exact) mass is 536 g/mol. The zero-order valence-corrected chi connectivity index (χ0v) is 21.3. The summed E-state index contributed by atoms with van der Waals surface area (Å²) >= 11 is 0. The number of aromatic nitrogens is 6. The molecule has 2 fully saturated rings. The van der Waals surface area contributed by atoms with Gasteiger partial charge in [-0.2, -0.15) is 23.5 Å². The first kappa shape index (κ1) is 25.3. The molecular weight excluding hydrogens is 509 g/mol. The van der Waals surface area contributed by atoms with Gasteiger partial charge in [0, 0.05) is 48.5 Å². The van der Waals surface area contributed by atoms with Gasteiger partial charge in [0.15, 0.2) is 0 Å². The number of aromatic amines is 1. The van der Waals surface area contributed by atoms with Gasteiger partial charge in [-0.1, -0.05) is 0 Å². The number of fused-ring (bicyclic) bond motifs is 1. The molecule has 39 heavy (non-hydrogen) atoms. The normalized spacial score (nSPS) is 22.5. The quantitative estimate of drug-likeness (QED) is 0.375. The topological polar surface area (TPSA) is 109 Å². The Balaban J connectivity index is 1.09. The van der Waals surface area contributed by atoms with Crippen molar-refractivity contribution in [3.8, 4) is 23.2 Å². The number of pyridine rings is 1. The summed E-state index contributed by atoms with van der Waals surface area (Å²) < 4.78 is 47.2. The third-order valence-corrected chi connectivity index (χ3v) is 7.85. The molecule has 4 aromatic rings. The molecule has 2 aliphatic rings. The molecule has 1 aliphatic heterocycles. The number of aryl methyl sites for hydroxylation is 1. The van der Waals surface area contributed by atoms with E-state index < -0.39 is 11.9 Å². The van der Waals surface area contributed by atoms with Crippen molar-refractivity contribution in [1.29, 1.82) is 5.26 Å². The van der Waals surface area contributed by atoms with Crippen LogP contribution in [0.25, 0.3) is 22.3 Å². The van der Waals surface area contributed by atoms with Crippen LogP contribution in [0.15, 0.2) is 43.1 Å². The highest BCUT2D eigenvalue weighted by molar-refractivity contribution is 5.89. The first-order valence-electron chi connectivity index (χ1n) is 12.9. The van der Waals surface area contributed by atoms with Gasteiger partial charge in [0.25, 0.3) is 0 Å². The summed E-state index contributed by atoms with van der Waals surface area (Å²) in [6.45, 7) is 3.15. The lowest BCUT2D eigenvalue weighted by Crippen LogP contribution is -2.58. The summed E-state index contributed by atoms with van der Waals surface area (Å²) in [5.74, 6) is 0.0209. The maximum absolute atomic E-state index is 13.1. The van der Waals surface area contributed by atoms with Crippen LogP contribution >= 0.6 is 0 Å². The van der Waals surface area contributed by atoms with E-state index in [2.05, 4.69) is 36.0 Å². The molecular formula is C27H27F3N8O. The number of nitrogens with zero attached hydrogens (tertiary/aromatic N) is 7. The Morgan fingerprint density at radius 3 is 2.74 bits per heavy atom. The smallest absolute Gasteiger partial charge is 0.433 e. The fourth-order valence-electron chi connectivity index (χ4n) is 5.81. The Morgan fingerprint density at radius 2 is 2.00 bits per heavy atom. The zero-order valence-electron chi connectivity index (χ0n) is 21.3. The minimum absolute atomic E-state index is 0.0209. The molecule has 6 rings (SSSR count). The highest BCUT2D eigenvalue weighted by Gasteiger charge is 2.49. The second-order valence-corrected chi connectivity index (χ2v) is 10.5. The first-order valence-corrected chi connectivity index (χ1v) is 12.9. The van der Waals surface area contributed by atoms with E-state index in [1.54, 1.807) is 19.2 Å². The van der Waals surface area contributed by atoms with Crippen LogP contribution in [0.3, 0.4) is 0 Å². The number of nitrogens with one attached hydrogen (secondary N) is 1. The Morgan fingerprint density at radius 1 is 1.21 bits per heavy atom. The van der Waals surface area contributed by atoms with E-state index in [-0.39, 0.29) is 17.5 Å². The summed E-state index contributed by atoms with van der Waals surface area (Å²) in [6, 6.07) is 7.15. The summed E-state index contributed by atoms with van der Waals surface area (Å²) in [5.41, 5.74) is 1.58. The second-order valence-electron chi connectivity index (χ2n) is 10.5. The third-order valence-electron chi connectivity index (χ3n) is 7.85. The molecule has 12 heteroatoms. The van der Waals surface area contributed by atoms with E-state index in [1.165, 1.54) is 6.33 Å². The highest BCUT2D eigenvalue weighted by Crippen LogP contribution is 2.45. The largest absolute Gasteiger partial charge is 0.474 e. The maximum Gasteiger partial charge on any atom is 0.433 e. The molecule has 0 spiro atoms. The first-order chi connectivity index (χ1) is 18.7. The number of halogens is 3. The lowest BCUT2D eigenvalue weighted by molar-refractivity contribution is -0.141. The minimum atomic E-state index is -4.51. The van der Waals surface area contributed by atoms with Crippen molar-refractivity contribution in [2.24, 2.45) is 0 Å². The molecule has 0 amide bonds. The summed E-state index contributed by atoms with van der Waals surface area (Å²) in [5, 5.41) is 15.2. The molecule has 0 aromatic carbocycles. The molecule has 0 bridgehead atoms. The maximum atomic E-state index is 13.1. The molecule has 5 heterocycles. The number of likely N-dealkylation sites (tertiary alicyclic amines) is 1. The van der Waals surface area contributed by atoms with Gasteiger partial charge in [0.05, 0.1) is 29.9 Å². The van der Waals surface area contributed by atoms with Crippen molar-refractivity contribution in [2.45, 2.75) is 62.9 Å². The Kier molecular flexibility index (Phi) is 6.26. The summed E-state index contributed by atoms with van der Waals surface area (Å²) in [4.78, 5) is 17.9. The molecule has 0 radical (unpaired) electrons. The molecule has 1 saturated heterocycles. The van der Waals surface area contributed by atoms with Crippen molar-refractivity contribution in [3.05, 3.63) is 54.4 Å². The number of ether oxygens (including phenoxy) is 1. The van der Waals surface area contributed by atoms with Crippen LogP contribution in [0.2, 0.25) is 0 Å². The highest BCUT2D eigenvalue weighted by atomic mass is 19.4. The lowest BCUT2D eigenvalue weighted by atomic mass is 9.69. The molecule has 1 aliphatic carbocycles. The van der Waals surface area contributed by atoms with Crippen molar-refractivity contribution < 1.29 is 17.9 Å². The van der Waals surface area contributed by atoms with Gasteiger partial charge in [0.2, 0.25) is 5.88 Å². The van der Waals surface area contributed by atoms with Crippen molar-refractivity contribution in [2.75, 3.05) is 13.1 Å². The number of nitriles is 1. The fourth-order valence-corrected chi connectivity index (χ4v) is 5.81. The minimum Gasteiger partial charge on any atom is -0.474 e. The van der Waals surface area contributed by atoms with Crippen molar-refractivity contribution in [3.63, 3.8) is 0 Å². The van der Waals surface area contributed by atoms with Gasteiger partial charge < -0.3 is 9.72 Å². The van der Waals surface area contributed by atoms with Gasteiger partial charge in [-0.25, -0.2) is 15.0 Å². The van der Waals surface area contributed by atoms with E-state index in [9.17, 15) is 18.4 Å². The second kappa shape index (κ2) is 9.64. The molecule has 0 atom stereocenters. The molecule has 9 nitrogen and oxygen atoms in total. The number of piperidine rings is 1. The number of rotatable bonds is 6. The van der Waals surface area contributed by atoms with E-state index in [0.29, 0.717) is 30.9 Å². The zero-order chi connectivity index (χ0) is 27.2. The van der Waals surface area contributed by atoms with Crippen molar-refractivity contribution >= 4 is 11.0 Å². The van der Waals surface area contributed by atoms with Crippen LogP contribution in [0, 0.1) is 18.3 Å². The standard InChI is InChI=1S/C27H27F3N8O/c1-17-10-22(27(28,29)30)36-23(11-17)39-20-3-8-37(9-4-20)19-12-26(13-19,5-6-31)38-15-18(14-35-38)24-21-2-7-32-25(21)34-16-33-24/h2,7,10-11,14-16,19-20H,3-5,8-9,12-13H2,1H3,(H,32,33,34). The van der Waals surface area contributed by atoms with Crippen LogP contribution in [-0.4, -0.2) is 59.9 Å². The van der Waals surface area contributed by atoms with E-state index in [4.69, 9.17) is 4.74 Å². The average molecular weight is 537 g/mol. The molecule has 1 saturated carbocycles. The third kappa shape index (κ3) is 4.83. The van der Waals surface area contributed by atoms with Crippen LogP contribution in [0.1, 0.15) is 43.4 Å².